The van der Waals surface area contributed by atoms with Gasteiger partial charge in [-0.2, -0.15) is 5.10 Å². The standard InChI is InChI=1S/C30H28N6O/c1-37-27-17-13-22(14-18-27)29-24(21-36(34-29)26-8-4-2-5-9-26)20-31-25-15-11-23(12-16-25)30-33-32-28-10-6-3-7-19-35(28)30/h2,4-5,8-9,11-18,20-21H,3,6-7,10,19H2,1H3. The highest BCUT2D eigenvalue weighted by atomic mass is 16.5. The highest BCUT2D eigenvalue weighted by Crippen LogP contribution is 2.27. The molecule has 0 amide bonds. The van der Waals surface area contributed by atoms with E-state index in [0.717, 1.165) is 64.1 Å². The summed E-state index contributed by atoms with van der Waals surface area (Å²) in [6.07, 6.45) is 8.50. The Balaban J connectivity index is 1.30. The Bertz CT molecular complexity index is 1520. The third-order valence-electron chi connectivity index (χ3n) is 6.71. The lowest BCUT2D eigenvalue weighted by atomic mass is 10.1. The van der Waals surface area contributed by atoms with Crippen LogP contribution in [0.1, 0.15) is 30.7 Å². The Morgan fingerprint density at radius 3 is 2.41 bits per heavy atom. The number of rotatable bonds is 6. The van der Waals surface area contributed by atoms with Gasteiger partial charge >= 0.3 is 0 Å². The summed E-state index contributed by atoms with van der Waals surface area (Å²) in [4.78, 5) is 4.78. The van der Waals surface area contributed by atoms with E-state index in [1.54, 1.807) is 7.11 Å². The number of aryl methyl sites for hydroxylation is 1. The van der Waals surface area contributed by atoms with E-state index >= 15 is 0 Å². The second-order valence-electron chi connectivity index (χ2n) is 9.15. The van der Waals surface area contributed by atoms with Crippen molar-refractivity contribution in [1.82, 2.24) is 24.5 Å². The molecular formula is C30H28N6O. The van der Waals surface area contributed by atoms with Crippen LogP contribution < -0.4 is 4.74 Å². The van der Waals surface area contributed by atoms with Gasteiger partial charge in [0.25, 0.3) is 0 Å². The second kappa shape index (κ2) is 10.2. The Morgan fingerprint density at radius 1 is 0.838 bits per heavy atom. The van der Waals surface area contributed by atoms with E-state index in [2.05, 4.69) is 26.9 Å². The van der Waals surface area contributed by atoms with Gasteiger partial charge in [-0.15, -0.1) is 10.2 Å². The molecule has 0 radical (unpaired) electrons. The van der Waals surface area contributed by atoms with Crippen molar-refractivity contribution in [2.75, 3.05) is 7.11 Å². The number of benzene rings is 3. The molecule has 1 aliphatic heterocycles. The van der Waals surface area contributed by atoms with E-state index in [9.17, 15) is 0 Å². The van der Waals surface area contributed by atoms with Gasteiger partial charge in [0.05, 0.1) is 18.5 Å². The summed E-state index contributed by atoms with van der Waals surface area (Å²) >= 11 is 0. The van der Waals surface area contributed by atoms with Crippen molar-refractivity contribution in [2.24, 2.45) is 4.99 Å². The molecule has 0 N–H and O–H groups in total. The van der Waals surface area contributed by atoms with Gasteiger partial charge in [0, 0.05) is 42.1 Å². The number of para-hydroxylation sites is 1. The molecule has 0 fully saturated rings. The van der Waals surface area contributed by atoms with Gasteiger partial charge in [0.2, 0.25) is 0 Å². The smallest absolute Gasteiger partial charge is 0.163 e. The number of nitrogens with zero attached hydrogens (tertiary/aromatic N) is 6. The molecule has 7 heteroatoms. The highest BCUT2D eigenvalue weighted by molar-refractivity contribution is 5.90. The summed E-state index contributed by atoms with van der Waals surface area (Å²) in [5, 5.41) is 13.8. The molecule has 0 bridgehead atoms. The monoisotopic (exact) mass is 488 g/mol. The molecule has 0 atom stereocenters. The first-order valence-corrected chi connectivity index (χ1v) is 12.6. The van der Waals surface area contributed by atoms with Crippen LogP contribution in [-0.4, -0.2) is 37.9 Å². The first-order chi connectivity index (χ1) is 18.3. The lowest BCUT2D eigenvalue weighted by molar-refractivity contribution is 0.415. The fraction of sp³-hybridized carbons (Fsp3) is 0.200. The van der Waals surface area contributed by atoms with Crippen molar-refractivity contribution < 1.29 is 4.74 Å². The molecule has 0 saturated carbocycles. The van der Waals surface area contributed by atoms with Crippen LogP contribution in [0.5, 0.6) is 5.75 Å². The summed E-state index contributed by atoms with van der Waals surface area (Å²) in [6, 6.07) is 26.2. The van der Waals surface area contributed by atoms with Crippen molar-refractivity contribution in [3.05, 3.63) is 96.4 Å². The van der Waals surface area contributed by atoms with E-state index in [4.69, 9.17) is 14.8 Å². The lowest BCUT2D eigenvalue weighted by Gasteiger charge is -2.07. The van der Waals surface area contributed by atoms with Crippen LogP contribution in [0, 0.1) is 0 Å². The SMILES string of the molecule is COc1ccc(-c2nn(-c3ccccc3)cc2C=Nc2ccc(-c3nnc4n3CCCCC4)cc2)cc1. The Kier molecular flexibility index (Phi) is 6.33. The Morgan fingerprint density at radius 2 is 1.62 bits per heavy atom. The molecule has 3 aromatic carbocycles. The number of fused-ring (bicyclic) bond motifs is 1. The fourth-order valence-electron chi connectivity index (χ4n) is 4.71. The molecule has 3 heterocycles. The summed E-state index contributed by atoms with van der Waals surface area (Å²) < 4.78 is 9.48. The van der Waals surface area contributed by atoms with Crippen molar-refractivity contribution in [3.8, 4) is 34.1 Å². The molecule has 6 rings (SSSR count). The van der Waals surface area contributed by atoms with Crippen LogP contribution in [0.15, 0.2) is 90.1 Å². The van der Waals surface area contributed by atoms with Crippen LogP contribution in [0.2, 0.25) is 0 Å². The minimum absolute atomic E-state index is 0.811. The van der Waals surface area contributed by atoms with Crippen molar-refractivity contribution >= 4 is 11.9 Å². The van der Waals surface area contributed by atoms with Gasteiger partial charge in [-0.05, 0) is 73.5 Å². The van der Waals surface area contributed by atoms with Gasteiger partial charge in [-0.1, -0.05) is 24.6 Å². The predicted octanol–water partition coefficient (Wildman–Crippen LogP) is 6.28. The summed E-state index contributed by atoms with van der Waals surface area (Å²) in [5.74, 6) is 2.85. The number of aliphatic imine (C=N–C) groups is 1. The second-order valence-corrected chi connectivity index (χ2v) is 9.15. The first-order valence-electron chi connectivity index (χ1n) is 12.6. The maximum atomic E-state index is 5.33. The molecular weight excluding hydrogens is 460 g/mol. The molecule has 0 aliphatic carbocycles. The quantitative estimate of drug-likeness (QED) is 0.264. The summed E-state index contributed by atoms with van der Waals surface area (Å²) in [6.45, 7) is 0.983. The molecule has 7 nitrogen and oxygen atoms in total. The van der Waals surface area contributed by atoms with Crippen LogP contribution in [0.25, 0.3) is 28.3 Å². The normalized spacial score (nSPS) is 13.4. The van der Waals surface area contributed by atoms with Gasteiger partial charge in [0.15, 0.2) is 5.82 Å². The Labute approximate surface area is 216 Å². The van der Waals surface area contributed by atoms with E-state index in [1.807, 2.05) is 83.8 Å². The van der Waals surface area contributed by atoms with E-state index in [0.29, 0.717) is 0 Å². The fourth-order valence-corrected chi connectivity index (χ4v) is 4.71. The van der Waals surface area contributed by atoms with Crippen molar-refractivity contribution in [2.45, 2.75) is 32.2 Å². The average Bonchev–Trinajstić information content (AvgIpc) is 3.50. The van der Waals surface area contributed by atoms with E-state index in [1.165, 1.54) is 19.3 Å². The average molecular weight is 489 g/mol. The zero-order valence-electron chi connectivity index (χ0n) is 20.8. The largest absolute Gasteiger partial charge is 0.497 e. The van der Waals surface area contributed by atoms with Crippen molar-refractivity contribution in [3.63, 3.8) is 0 Å². The number of methoxy groups -OCH3 is 1. The highest BCUT2D eigenvalue weighted by Gasteiger charge is 2.16. The first kappa shape index (κ1) is 22.9. The zero-order chi connectivity index (χ0) is 25.0. The Hall–Kier alpha value is -4.52. The maximum Gasteiger partial charge on any atom is 0.163 e. The number of aromatic nitrogens is 5. The topological polar surface area (TPSA) is 70.1 Å². The molecule has 0 saturated heterocycles. The minimum atomic E-state index is 0.811. The van der Waals surface area contributed by atoms with Crippen LogP contribution in [0.4, 0.5) is 5.69 Å². The van der Waals surface area contributed by atoms with Crippen LogP contribution >= 0.6 is 0 Å². The van der Waals surface area contributed by atoms with Gasteiger partial charge in [-0.3, -0.25) is 4.99 Å². The van der Waals surface area contributed by atoms with Crippen LogP contribution in [-0.2, 0) is 13.0 Å². The van der Waals surface area contributed by atoms with Crippen LogP contribution in [0.3, 0.4) is 0 Å². The molecule has 37 heavy (non-hydrogen) atoms. The lowest BCUT2D eigenvalue weighted by Crippen LogP contribution is -2.02. The molecule has 0 unspecified atom stereocenters. The number of hydrogen-bond acceptors (Lipinski definition) is 5. The van der Waals surface area contributed by atoms with Gasteiger partial charge in [0.1, 0.15) is 17.3 Å². The molecule has 1 aliphatic rings. The molecule has 2 aromatic heterocycles. The molecule has 184 valence electrons. The predicted molar refractivity (Wildman–Crippen MR) is 146 cm³/mol. The van der Waals surface area contributed by atoms with E-state index in [-0.39, 0.29) is 0 Å². The molecule has 5 aromatic rings. The maximum absolute atomic E-state index is 5.33. The van der Waals surface area contributed by atoms with Crippen molar-refractivity contribution in [1.29, 1.82) is 0 Å². The third-order valence-corrected chi connectivity index (χ3v) is 6.71. The number of ether oxygens (including phenoxy) is 1. The molecule has 0 spiro atoms. The number of hydrogen-bond donors (Lipinski definition) is 0. The van der Waals surface area contributed by atoms with Gasteiger partial charge < -0.3 is 9.30 Å². The minimum Gasteiger partial charge on any atom is -0.497 e. The third kappa shape index (κ3) is 4.80. The summed E-state index contributed by atoms with van der Waals surface area (Å²) in [5.41, 5.74) is 5.72. The zero-order valence-corrected chi connectivity index (χ0v) is 20.8. The summed E-state index contributed by atoms with van der Waals surface area (Å²) in [7, 11) is 1.67. The van der Waals surface area contributed by atoms with E-state index < -0.39 is 0 Å². The van der Waals surface area contributed by atoms with Gasteiger partial charge in [-0.25, -0.2) is 4.68 Å².